The molecule has 0 radical (unpaired) electrons. The van der Waals surface area contributed by atoms with Crippen molar-refractivity contribution >= 4 is 23.6 Å². The average Bonchev–Trinajstić information content (AvgIpc) is 3.52. The van der Waals surface area contributed by atoms with Crippen LogP contribution in [0.5, 0.6) is 5.75 Å². The fourth-order valence-electron chi connectivity index (χ4n) is 4.94. The van der Waals surface area contributed by atoms with Crippen molar-refractivity contribution in [3.8, 4) is 5.75 Å². The van der Waals surface area contributed by atoms with Crippen LogP contribution >= 0.6 is 0 Å². The molecule has 246 valence electrons. The van der Waals surface area contributed by atoms with Crippen molar-refractivity contribution in [2.75, 3.05) is 33.8 Å². The van der Waals surface area contributed by atoms with Gasteiger partial charge in [0.2, 0.25) is 17.7 Å². The van der Waals surface area contributed by atoms with Crippen LogP contribution < -0.4 is 15.4 Å². The third kappa shape index (κ3) is 9.31. The van der Waals surface area contributed by atoms with Crippen LogP contribution in [0.25, 0.3) is 0 Å². The van der Waals surface area contributed by atoms with Gasteiger partial charge in [-0.2, -0.15) is 18.3 Å². The molecule has 0 aliphatic carbocycles. The summed E-state index contributed by atoms with van der Waals surface area (Å²) in [6.07, 6.45) is -2.79. The van der Waals surface area contributed by atoms with Gasteiger partial charge in [0.15, 0.2) is 5.69 Å². The second-order valence-electron chi connectivity index (χ2n) is 11.1. The number of para-hydroxylation sites is 1. The summed E-state index contributed by atoms with van der Waals surface area (Å²) >= 11 is 0. The van der Waals surface area contributed by atoms with E-state index in [9.17, 15) is 32.3 Å². The number of nitrogens with one attached hydrogen (secondary N) is 2. The van der Waals surface area contributed by atoms with Crippen molar-refractivity contribution in [2.45, 2.75) is 50.5 Å². The molecule has 0 spiro atoms. The lowest BCUT2D eigenvalue weighted by Crippen LogP contribution is -2.48. The molecule has 0 unspecified atom stereocenters. The lowest BCUT2D eigenvalue weighted by atomic mass is 10.1. The highest BCUT2D eigenvalue weighted by Crippen LogP contribution is 2.27. The number of carbonyl (C=O) groups excluding carboxylic acids is 4. The van der Waals surface area contributed by atoms with Gasteiger partial charge in [0.05, 0.1) is 18.2 Å². The van der Waals surface area contributed by atoms with Crippen LogP contribution in [0, 0.1) is 0 Å². The van der Waals surface area contributed by atoms with E-state index in [1.165, 1.54) is 18.1 Å². The first kappa shape index (κ1) is 34.0. The smallest absolute Gasteiger partial charge is 0.435 e. The number of aromatic nitrogens is 2. The van der Waals surface area contributed by atoms with Crippen LogP contribution in [-0.4, -0.2) is 89.1 Å². The van der Waals surface area contributed by atoms with Gasteiger partial charge in [0.1, 0.15) is 18.4 Å². The number of ether oxygens (including phenoxy) is 1. The Balaban J connectivity index is 1.48. The molecule has 4 rings (SSSR count). The SMILES string of the molecule is CN1CC(=O)N(C)[C@H](Cc2ccccc2)COc2ccccc2C(=O)N[C@H](C(=O)NCCCn2ccc(C(F)(F)F)n2)CCC1=O. The molecular formula is C32H37F3N6O5. The molecule has 4 amide bonds. The van der Waals surface area contributed by atoms with Crippen LogP contribution in [0.3, 0.4) is 0 Å². The first-order valence-corrected chi connectivity index (χ1v) is 14.9. The van der Waals surface area contributed by atoms with Gasteiger partial charge < -0.3 is 25.2 Å². The first-order valence-electron chi connectivity index (χ1n) is 14.9. The fourth-order valence-corrected chi connectivity index (χ4v) is 4.94. The lowest BCUT2D eigenvalue weighted by molar-refractivity contribution is -0.141. The number of hydrogen-bond donors (Lipinski definition) is 2. The highest BCUT2D eigenvalue weighted by Gasteiger charge is 2.33. The fraction of sp³-hybridized carbons (Fsp3) is 0.406. The number of likely N-dealkylation sites (N-methyl/N-ethyl adjacent to an activating group) is 2. The Morgan fingerprint density at radius 1 is 1.02 bits per heavy atom. The summed E-state index contributed by atoms with van der Waals surface area (Å²) in [5, 5.41) is 8.88. The molecule has 0 saturated carbocycles. The van der Waals surface area contributed by atoms with Crippen LogP contribution in [0.1, 0.15) is 40.9 Å². The van der Waals surface area contributed by atoms with Crippen molar-refractivity contribution in [3.63, 3.8) is 0 Å². The minimum absolute atomic E-state index is 0.0570. The standard InChI is InChI=1S/C32H37F3N6O5/c1-39-20-29(43)40(2)23(19-22-9-4-3-5-10-22)21-46-26-12-7-6-11-24(26)30(44)37-25(13-14-28(39)42)31(45)36-16-8-17-41-18-15-27(38-41)32(33,34)35/h3-7,9-12,15,18,23,25H,8,13-14,16-17,19-21H2,1-2H3,(H,36,45)(H,37,44)/t23-,25+/m1/s1. The third-order valence-corrected chi connectivity index (χ3v) is 7.68. The number of halogens is 3. The molecule has 14 heteroatoms. The van der Waals surface area contributed by atoms with Crippen LogP contribution in [0.15, 0.2) is 66.9 Å². The predicted molar refractivity (Wildman–Crippen MR) is 162 cm³/mol. The van der Waals surface area contributed by atoms with Gasteiger partial charge in [0, 0.05) is 39.8 Å². The minimum Gasteiger partial charge on any atom is -0.491 e. The molecule has 0 fully saturated rings. The quantitative estimate of drug-likeness (QED) is 0.382. The molecule has 1 aromatic heterocycles. The number of carbonyl (C=O) groups is 4. The van der Waals surface area contributed by atoms with E-state index in [0.717, 1.165) is 16.3 Å². The average molecular weight is 643 g/mol. The molecule has 2 N–H and O–H groups in total. The molecule has 2 heterocycles. The topological polar surface area (TPSA) is 126 Å². The lowest BCUT2D eigenvalue weighted by Gasteiger charge is -2.30. The van der Waals surface area contributed by atoms with Crippen molar-refractivity contribution < 1.29 is 37.1 Å². The van der Waals surface area contributed by atoms with E-state index in [1.807, 2.05) is 30.3 Å². The third-order valence-electron chi connectivity index (χ3n) is 7.68. The number of fused-ring (bicyclic) bond motifs is 1. The van der Waals surface area contributed by atoms with Gasteiger partial charge in [-0.1, -0.05) is 42.5 Å². The molecular weight excluding hydrogens is 605 g/mol. The molecule has 0 bridgehead atoms. The van der Waals surface area contributed by atoms with Gasteiger partial charge in [-0.25, -0.2) is 0 Å². The number of rotatable bonds is 7. The Labute approximate surface area is 264 Å². The van der Waals surface area contributed by atoms with Crippen LogP contribution in [-0.2, 0) is 33.5 Å². The summed E-state index contributed by atoms with van der Waals surface area (Å²) in [6, 6.07) is 15.4. The Hall–Kier alpha value is -4.88. The van der Waals surface area contributed by atoms with E-state index >= 15 is 0 Å². The number of hydrogen-bond acceptors (Lipinski definition) is 6. The van der Waals surface area contributed by atoms with Crippen LogP contribution in [0.2, 0.25) is 0 Å². The molecule has 46 heavy (non-hydrogen) atoms. The summed E-state index contributed by atoms with van der Waals surface area (Å²) in [7, 11) is 3.15. The minimum atomic E-state index is -4.55. The maximum Gasteiger partial charge on any atom is 0.435 e. The van der Waals surface area contributed by atoms with Gasteiger partial charge in [-0.05, 0) is 43.0 Å². The molecule has 1 aliphatic heterocycles. The maximum atomic E-state index is 13.5. The number of nitrogens with zero attached hydrogens (tertiary/aromatic N) is 4. The number of benzene rings is 2. The second-order valence-corrected chi connectivity index (χ2v) is 11.1. The van der Waals surface area contributed by atoms with Crippen molar-refractivity contribution in [2.24, 2.45) is 0 Å². The van der Waals surface area contributed by atoms with E-state index in [1.54, 1.807) is 36.2 Å². The summed E-state index contributed by atoms with van der Waals surface area (Å²) in [5.41, 5.74) is 0.146. The largest absolute Gasteiger partial charge is 0.491 e. The molecule has 0 saturated heterocycles. The van der Waals surface area contributed by atoms with Crippen molar-refractivity contribution in [3.05, 3.63) is 83.7 Å². The van der Waals surface area contributed by atoms with Gasteiger partial charge >= 0.3 is 6.18 Å². The monoisotopic (exact) mass is 642 g/mol. The summed E-state index contributed by atoms with van der Waals surface area (Å²) in [6.45, 7) is 0.0757. The molecule has 1 aliphatic rings. The van der Waals surface area contributed by atoms with Crippen LogP contribution in [0.4, 0.5) is 13.2 Å². The molecule has 3 aromatic rings. The van der Waals surface area contributed by atoms with Gasteiger partial charge in [0.25, 0.3) is 5.91 Å². The predicted octanol–water partition coefficient (Wildman–Crippen LogP) is 2.91. The summed E-state index contributed by atoms with van der Waals surface area (Å²) in [4.78, 5) is 55.7. The highest BCUT2D eigenvalue weighted by atomic mass is 19.4. The number of aryl methyl sites for hydroxylation is 1. The Morgan fingerprint density at radius 2 is 1.74 bits per heavy atom. The number of alkyl halides is 3. The zero-order chi connectivity index (χ0) is 33.3. The van der Waals surface area contributed by atoms with Gasteiger partial charge in [-0.3, -0.25) is 23.9 Å². The Morgan fingerprint density at radius 3 is 2.46 bits per heavy atom. The van der Waals surface area contributed by atoms with Crippen molar-refractivity contribution in [1.29, 1.82) is 0 Å². The zero-order valence-electron chi connectivity index (χ0n) is 25.6. The first-order chi connectivity index (χ1) is 21.9. The summed E-state index contributed by atoms with van der Waals surface area (Å²) in [5.74, 6) is -1.59. The molecule has 2 atom stereocenters. The Kier molecular flexibility index (Phi) is 11.4. The van der Waals surface area contributed by atoms with Gasteiger partial charge in [-0.15, -0.1) is 0 Å². The molecule has 2 aromatic carbocycles. The zero-order valence-corrected chi connectivity index (χ0v) is 25.6. The van der Waals surface area contributed by atoms with E-state index in [-0.39, 0.29) is 68.6 Å². The van der Waals surface area contributed by atoms with E-state index < -0.39 is 35.8 Å². The second kappa shape index (κ2) is 15.4. The number of amides is 4. The Bertz CT molecular complexity index is 1510. The van der Waals surface area contributed by atoms with Crippen molar-refractivity contribution in [1.82, 2.24) is 30.2 Å². The van der Waals surface area contributed by atoms with E-state index in [4.69, 9.17) is 4.74 Å². The van der Waals surface area contributed by atoms with E-state index in [2.05, 4.69) is 15.7 Å². The normalized spacial score (nSPS) is 18.6. The molecule has 11 nitrogen and oxygen atoms in total. The highest BCUT2D eigenvalue weighted by molar-refractivity contribution is 5.99. The maximum absolute atomic E-state index is 13.5. The summed E-state index contributed by atoms with van der Waals surface area (Å²) < 4.78 is 45.7. The van der Waals surface area contributed by atoms with E-state index in [0.29, 0.717) is 6.42 Å².